The van der Waals surface area contributed by atoms with Gasteiger partial charge >= 0.3 is 6.18 Å². The summed E-state index contributed by atoms with van der Waals surface area (Å²) in [5.74, 6) is -0.817. The Balaban J connectivity index is 1.81. The van der Waals surface area contributed by atoms with Crippen molar-refractivity contribution in [2.45, 2.75) is 24.0 Å². The van der Waals surface area contributed by atoms with Crippen LogP contribution < -0.4 is 15.6 Å². The molecule has 0 radical (unpaired) electrons. The molecule has 0 fully saturated rings. The Hall–Kier alpha value is -3.29. The smallest absolute Gasteiger partial charge is 0.324 e. The number of pyridine rings is 1. The van der Waals surface area contributed by atoms with E-state index in [9.17, 15) is 31.2 Å². The molecule has 0 atom stereocenters. The quantitative estimate of drug-likeness (QED) is 0.475. The molecule has 3 aromatic rings. The van der Waals surface area contributed by atoms with Crippen molar-refractivity contribution in [1.29, 1.82) is 0 Å². The van der Waals surface area contributed by atoms with E-state index in [0.717, 1.165) is 23.0 Å². The van der Waals surface area contributed by atoms with E-state index in [1.807, 2.05) is 0 Å². The van der Waals surface area contributed by atoms with Crippen molar-refractivity contribution in [1.82, 2.24) is 19.5 Å². The minimum Gasteiger partial charge on any atom is -0.324 e. The highest BCUT2D eigenvalue weighted by molar-refractivity contribution is 7.89. The van der Waals surface area contributed by atoms with E-state index in [2.05, 4.69) is 20.1 Å². The minimum atomic E-state index is -4.96. The first-order chi connectivity index (χ1) is 16.0. The molecule has 0 aliphatic heterocycles. The highest BCUT2D eigenvalue weighted by Crippen LogP contribution is 2.35. The van der Waals surface area contributed by atoms with Gasteiger partial charge in [-0.2, -0.15) is 18.3 Å². The van der Waals surface area contributed by atoms with Crippen molar-refractivity contribution in [3.8, 4) is 0 Å². The average Bonchev–Trinajstić information content (AvgIpc) is 2.75. The Bertz CT molecular complexity index is 1350. The van der Waals surface area contributed by atoms with E-state index in [4.69, 9.17) is 11.6 Å². The highest BCUT2D eigenvalue weighted by atomic mass is 35.5. The predicted octanol–water partition coefficient (Wildman–Crippen LogP) is 2.47. The van der Waals surface area contributed by atoms with Crippen molar-refractivity contribution in [2.24, 2.45) is 0 Å². The fourth-order valence-corrected chi connectivity index (χ4v) is 4.28. The Morgan fingerprint density at radius 1 is 1.15 bits per heavy atom. The van der Waals surface area contributed by atoms with Crippen LogP contribution in [0, 0.1) is 0 Å². The van der Waals surface area contributed by atoms with E-state index in [-0.39, 0.29) is 23.7 Å². The molecular weight excluding hydrogens is 499 g/mol. The van der Waals surface area contributed by atoms with Crippen LogP contribution >= 0.6 is 11.6 Å². The SMILES string of the molecule is O=C(Cn1ncc(Cl)cc1=O)Nc1ccc(C(F)(F)F)c(S(=O)(=O)NCCc2ccccn2)c1. The standard InChI is InChI=1S/C20H17ClF3N5O4S/c21-13-9-19(31)29(26-11-13)12-18(30)28-15-4-5-16(20(22,23)24)17(10-15)34(32,33)27-8-6-14-3-1-2-7-25-14/h1-5,7,9-11,27H,6,8,12H2,(H,28,30). The number of benzene rings is 1. The Kier molecular flexibility index (Phi) is 7.69. The number of anilines is 1. The van der Waals surface area contributed by atoms with Crippen molar-refractivity contribution in [3.63, 3.8) is 0 Å². The first kappa shape index (κ1) is 25.3. The van der Waals surface area contributed by atoms with Gasteiger partial charge in [0.1, 0.15) is 6.54 Å². The third kappa shape index (κ3) is 6.62. The molecule has 1 amide bonds. The number of nitrogens with one attached hydrogen (secondary N) is 2. The third-order valence-corrected chi connectivity index (χ3v) is 6.10. The monoisotopic (exact) mass is 515 g/mol. The molecule has 14 heteroatoms. The van der Waals surface area contributed by atoms with Gasteiger partial charge in [-0.1, -0.05) is 17.7 Å². The average molecular weight is 516 g/mol. The lowest BCUT2D eigenvalue weighted by molar-refractivity contribution is -0.139. The number of aromatic nitrogens is 3. The maximum absolute atomic E-state index is 13.5. The molecule has 2 aromatic heterocycles. The molecule has 0 saturated carbocycles. The minimum absolute atomic E-state index is 0.0646. The van der Waals surface area contributed by atoms with Crippen molar-refractivity contribution >= 4 is 33.2 Å². The van der Waals surface area contributed by atoms with E-state index in [1.54, 1.807) is 18.2 Å². The Morgan fingerprint density at radius 2 is 1.91 bits per heavy atom. The predicted molar refractivity (Wildman–Crippen MR) is 117 cm³/mol. The van der Waals surface area contributed by atoms with Crippen LogP contribution in [0.4, 0.5) is 18.9 Å². The second kappa shape index (κ2) is 10.3. The van der Waals surface area contributed by atoms with Crippen LogP contribution in [-0.4, -0.2) is 35.6 Å². The molecule has 0 bridgehead atoms. The number of halogens is 4. The summed E-state index contributed by atoms with van der Waals surface area (Å²) < 4.78 is 68.7. The molecule has 3 rings (SSSR count). The van der Waals surface area contributed by atoms with Crippen LogP contribution in [0.15, 0.2) is 64.5 Å². The van der Waals surface area contributed by atoms with Gasteiger partial charge in [0.05, 0.1) is 21.7 Å². The van der Waals surface area contributed by atoms with Crippen LogP contribution in [0.2, 0.25) is 5.02 Å². The molecule has 2 N–H and O–H groups in total. The zero-order valence-electron chi connectivity index (χ0n) is 17.2. The summed E-state index contributed by atoms with van der Waals surface area (Å²) in [6.45, 7) is -0.764. The first-order valence-corrected chi connectivity index (χ1v) is 11.5. The third-order valence-electron chi connectivity index (χ3n) is 4.39. The van der Waals surface area contributed by atoms with Crippen molar-refractivity contribution in [2.75, 3.05) is 11.9 Å². The maximum atomic E-state index is 13.5. The molecule has 0 aliphatic rings. The summed E-state index contributed by atoms with van der Waals surface area (Å²) in [7, 11) is -4.60. The van der Waals surface area contributed by atoms with Gasteiger partial charge in [-0.05, 0) is 30.3 Å². The number of carbonyl (C=O) groups excluding carboxylic acids is 1. The molecular formula is C20H17ClF3N5O4S. The summed E-state index contributed by atoms with van der Waals surface area (Å²) in [5, 5.41) is 6.00. The van der Waals surface area contributed by atoms with Gasteiger partial charge in [-0.3, -0.25) is 14.6 Å². The second-order valence-electron chi connectivity index (χ2n) is 6.90. The molecule has 2 heterocycles. The number of hydrogen-bond donors (Lipinski definition) is 2. The van der Waals surface area contributed by atoms with E-state index < -0.39 is 44.7 Å². The molecule has 0 spiro atoms. The molecule has 0 aliphatic carbocycles. The lowest BCUT2D eigenvalue weighted by Gasteiger charge is -2.16. The zero-order valence-corrected chi connectivity index (χ0v) is 18.8. The number of amides is 1. The van der Waals surface area contributed by atoms with E-state index >= 15 is 0 Å². The van der Waals surface area contributed by atoms with Crippen molar-refractivity contribution in [3.05, 3.63) is 81.5 Å². The Morgan fingerprint density at radius 3 is 2.56 bits per heavy atom. The van der Waals surface area contributed by atoms with E-state index in [0.29, 0.717) is 17.8 Å². The molecule has 0 saturated heterocycles. The summed E-state index contributed by atoms with van der Waals surface area (Å²) in [4.78, 5) is 27.0. The van der Waals surface area contributed by atoms with Gasteiger partial charge in [0.15, 0.2) is 0 Å². The lowest BCUT2D eigenvalue weighted by Crippen LogP contribution is -2.30. The number of alkyl halides is 3. The topological polar surface area (TPSA) is 123 Å². The van der Waals surface area contributed by atoms with Crippen molar-refractivity contribution < 1.29 is 26.4 Å². The number of carbonyl (C=O) groups is 1. The number of rotatable bonds is 8. The highest BCUT2D eigenvalue weighted by Gasteiger charge is 2.37. The molecule has 0 unspecified atom stereocenters. The van der Waals surface area contributed by atoms with Gasteiger partial charge < -0.3 is 5.32 Å². The number of sulfonamides is 1. The summed E-state index contributed by atoms with van der Waals surface area (Å²) in [6, 6.07) is 8.19. The normalized spacial score (nSPS) is 11.9. The van der Waals surface area contributed by atoms with Gasteiger partial charge in [0.2, 0.25) is 15.9 Å². The van der Waals surface area contributed by atoms with Gasteiger partial charge in [0.25, 0.3) is 5.56 Å². The molecule has 1 aromatic carbocycles. The second-order valence-corrected chi connectivity index (χ2v) is 9.07. The van der Waals surface area contributed by atoms with Crippen LogP contribution in [0.1, 0.15) is 11.3 Å². The van der Waals surface area contributed by atoms with Gasteiger partial charge in [-0.25, -0.2) is 17.8 Å². The number of hydrogen-bond acceptors (Lipinski definition) is 6. The van der Waals surface area contributed by atoms with Gasteiger partial charge in [0, 0.05) is 36.6 Å². The van der Waals surface area contributed by atoms with Crippen LogP contribution in [0.5, 0.6) is 0 Å². The molecule has 34 heavy (non-hydrogen) atoms. The fourth-order valence-electron chi connectivity index (χ4n) is 2.86. The zero-order chi connectivity index (χ0) is 24.9. The van der Waals surface area contributed by atoms with Crippen LogP contribution in [0.25, 0.3) is 0 Å². The van der Waals surface area contributed by atoms with Gasteiger partial charge in [-0.15, -0.1) is 0 Å². The molecule has 180 valence electrons. The Labute approximate surface area is 196 Å². The fraction of sp³-hybridized carbons (Fsp3) is 0.200. The summed E-state index contributed by atoms with van der Waals surface area (Å²) in [6.07, 6.45) is -2.17. The summed E-state index contributed by atoms with van der Waals surface area (Å²) >= 11 is 5.63. The van der Waals surface area contributed by atoms with Crippen LogP contribution in [0.3, 0.4) is 0 Å². The number of nitrogens with zero attached hydrogens (tertiary/aromatic N) is 3. The summed E-state index contributed by atoms with van der Waals surface area (Å²) in [5.41, 5.74) is -1.74. The molecule has 9 nitrogen and oxygen atoms in total. The lowest BCUT2D eigenvalue weighted by atomic mass is 10.2. The largest absolute Gasteiger partial charge is 0.417 e. The van der Waals surface area contributed by atoms with Crippen LogP contribution in [-0.2, 0) is 34.0 Å². The maximum Gasteiger partial charge on any atom is 0.417 e. The van der Waals surface area contributed by atoms with E-state index in [1.165, 1.54) is 6.20 Å². The first-order valence-electron chi connectivity index (χ1n) is 9.59.